The normalized spacial score (nSPS) is 10.5. The standard InChI is InChI=1S/C15H15N5O3/c1-22-11(21)8-23-15-19-13(12-14(20-15)18-9-17-12)16-7-10-5-3-2-4-6-10/h2-6,9H,7-8H2,1H3,(H2,16,17,18,19,20). The molecule has 2 N–H and O–H groups in total. The summed E-state index contributed by atoms with van der Waals surface area (Å²) in [7, 11) is 1.29. The molecule has 0 amide bonds. The number of anilines is 1. The van der Waals surface area contributed by atoms with Crippen LogP contribution in [0.25, 0.3) is 11.2 Å². The maximum absolute atomic E-state index is 11.2. The van der Waals surface area contributed by atoms with E-state index in [1.807, 2.05) is 30.3 Å². The summed E-state index contributed by atoms with van der Waals surface area (Å²) in [6.45, 7) is 0.326. The maximum Gasteiger partial charge on any atom is 0.344 e. The van der Waals surface area contributed by atoms with Crippen molar-refractivity contribution in [1.29, 1.82) is 0 Å². The van der Waals surface area contributed by atoms with Crippen molar-refractivity contribution in [3.05, 3.63) is 42.2 Å². The number of imidazole rings is 1. The number of aromatic amines is 1. The van der Waals surface area contributed by atoms with Gasteiger partial charge in [-0.1, -0.05) is 30.3 Å². The average Bonchev–Trinajstić information content (AvgIpc) is 3.07. The first-order valence-electron chi connectivity index (χ1n) is 6.95. The Kier molecular flexibility index (Phi) is 4.32. The van der Waals surface area contributed by atoms with E-state index >= 15 is 0 Å². The molecule has 0 aliphatic rings. The van der Waals surface area contributed by atoms with E-state index < -0.39 is 5.97 Å². The van der Waals surface area contributed by atoms with E-state index in [9.17, 15) is 4.79 Å². The zero-order valence-corrected chi connectivity index (χ0v) is 12.4. The molecular formula is C15H15N5O3. The Morgan fingerprint density at radius 2 is 2.09 bits per heavy atom. The van der Waals surface area contributed by atoms with Crippen LogP contribution in [0.1, 0.15) is 5.56 Å². The van der Waals surface area contributed by atoms with E-state index in [1.54, 1.807) is 0 Å². The average molecular weight is 313 g/mol. The molecule has 8 nitrogen and oxygen atoms in total. The number of carbonyl (C=O) groups is 1. The third-order valence-electron chi connectivity index (χ3n) is 3.11. The minimum Gasteiger partial charge on any atom is -0.466 e. The van der Waals surface area contributed by atoms with Crippen molar-refractivity contribution in [2.75, 3.05) is 19.0 Å². The molecule has 8 heteroatoms. The fraction of sp³-hybridized carbons (Fsp3) is 0.200. The number of hydrogen-bond donors (Lipinski definition) is 2. The summed E-state index contributed by atoms with van der Waals surface area (Å²) >= 11 is 0. The predicted molar refractivity (Wildman–Crippen MR) is 83.0 cm³/mol. The first kappa shape index (κ1) is 14.8. The van der Waals surface area contributed by atoms with Crippen molar-refractivity contribution in [3.63, 3.8) is 0 Å². The molecule has 0 saturated carbocycles. The molecule has 0 atom stereocenters. The first-order chi connectivity index (χ1) is 11.3. The van der Waals surface area contributed by atoms with Gasteiger partial charge < -0.3 is 19.8 Å². The van der Waals surface area contributed by atoms with E-state index in [2.05, 4.69) is 30.0 Å². The number of fused-ring (bicyclic) bond motifs is 1. The Labute approximate surface area is 131 Å². The number of ether oxygens (including phenoxy) is 2. The zero-order chi connectivity index (χ0) is 16.1. The van der Waals surface area contributed by atoms with Crippen LogP contribution in [0.2, 0.25) is 0 Å². The lowest BCUT2D eigenvalue weighted by molar-refractivity contribution is -0.143. The third kappa shape index (κ3) is 3.54. The topological polar surface area (TPSA) is 102 Å². The van der Waals surface area contributed by atoms with Gasteiger partial charge in [-0.25, -0.2) is 9.78 Å². The molecule has 2 aromatic heterocycles. The molecule has 0 spiro atoms. The summed E-state index contributed by atoms with van der Waals surface area (Å²) in [4.78, 5) is 26.6. The van der Waals surface area contributed by atoms with Crippen LogP contribution in [-0.4, -0.2) is 39.6 Å². The summed E-state index contributed by atoms with van der Waals surface area (Å²) in [5.41, 5.74) is 2.23. The third-order valence-corrected chi connectivity index (χ3v) is 3.11. The van der Waals surface area contributed by atoms with Gasteiger partial charge in [-0.15, -0.1) is 0 Å². The minimum absolute atomic E-state index is 0.0607. The summed E-state index contributed by atoms with van der Waals surface area (Å²) < 4.78 is 9.76. The van der Waals surface area contributed by atoms with Crippen LogP contribution in [0.5, 0.6) is 6.01 Å². The number of methoxy groups -OCH3 is 1. The van der Waals surface area contributed by atoms with Gasteiger partial charge >= 0.3 is 12.0 Å². The van der Waals surface area contributed by atoms with Crippen LogP contribution in [0, 0.1) is 0 Å². The summed E-state index contributed by atoms with van der Waals surface area (Å²) in [5, 5.41) is 3.21. The van der Waals surface area contributed by atoms with E-state index in [4.69, 9.17) is 4.74 Å². The molecular weight excluding hydrogens is 298 g/mol. The second kappa shape index (κ2) is 6.73. The van der Waals surface area contributed by atoms with Gasteiger partial charge in [0.15, 0.2) is 18.1 Å². The molecule has 0 radical (unpaired) electrons. The molecule has 0 unspecified atom stereocenters. The molecule has 0 bridgehead atoms. The number of nitrogens with one attached hydrogen (secondary N) is 2. The second-order valence-electron chi connectivity index (χ2n) is 4.66. The summed E-state index contributed by atoms with van der Waals surface area (Å²) in [6, 6.07) is 9.96. The molecule has 23 heavy (non-hydrogen) atoms. The van der Waals surface area contributed by atoms with Crippen molar-refractivity contribution >= 4 is 23.0 Å². The summed E-state index contributed by atoms with van der Waals surface area (Å²) in [5.74, 6) is 0.0470. The van der Waals surface area contributed by atoms with Gasteiger partial charge in [0.2, 0.25) is 0 Å². The highest BCUT2D eigenvalue weighted by Crippen LogP contribution is 2.20. The molecule has 0 aliphatic carbocycles. The van der Waals surface area contributed by atoms with Gasteiger partial charge in [-0.3, -0.25) is 0 Å². The van der Waals surface area contributed by atoms with Crippen LogP contribution < -0.4 is 10.1 Å². The number of hydrogen-bond acceptors (Lipinski definition) is 7. The molecule has 3 aromatic rings. The van der Waals surface area contributed by atoms with Gasteiger partial charge in [-0.2, -0.15) is 9.97 Å². The first-order valence-corrected chi connectivity index (χ1v) is 6.95. The van der Waals surface area contributed by atoms with Gasteiger partial charge in [0.25, 0.3) is 0 Å². The Bertz CT molecular complexity index is 803. The Balaban J connectivity index is 1.80. The number of rotatable bonds is 6. The van der Waals surface area contributed by atoms with Crippen LogP contribution in [0.15, 0.2) is 36.7 Å². The highest BCUT2D eigenvalue weighted by Gasteiger charge is 2.12. The lowest BCUT2D eigenvalue weighted by Crippen LogP contribution is -2.14. The number of carbonyl (C=O) groups excluding carboxylic acids is 1. The highest BCUT2D eigenvalue weighted by molar-refractivity contribution is 5.82. The van der Waals surface area contributed by atoms with Crippen molar-refractivity contribution in [2.24, 2.45) is 0 Å². The van der Waals surface area contributed by atoms with Crippen LogP contribution in [-0.2, 0) is 16.1 Å². The SMILES string of the molecule is COC(=O)COc1nc(NCc2ccccc2)c2[nH]cnc2n1. The fourth-order valence-electron chi connectivity index (χ4n) is 1.97. The van der Waals surface area contributed by atoms with E-state index in [1.165, 1.54) is 13.4 Å². The van der Waals surface area contributed by atoms with Crippen molar-refractivity contribution < 1.29 is 14.3 Å². The lowest BCUT2D eigenvalue weighted by atomic mass is 10.2. The maximum atomic E-state index is 11.2. The molecule has 3 rings (SSSR count). The van der Waals surface area contributed by atoms with Gasteiger partial charge in [0, 0.05) is 6.54 Å². The Hall–Kier alpha value is -3.16. The number of H-pyrrole nitrogens is 1. The van der Waals surface area contributed by atoms with Crippen LogP contribution in [0.3, 0.4) is 0 Å². The predicted octanol–water partition coefficient (Wildman–Crippen LogP) is 1.52. The zero-order valence-electron chi connectivity index (χ0n) is 12.4. The minimum atomic E-state index is -0.505. The lowest BCUT2D eigenvalue weighted by Gasteiger charge is -2.08. The van der Waals surface area contributed by atoms with E-state index in [0.717, 1.165) is 5.56 Å². The van der Waals surface area contributed by atoms with Gasteiger partial charge in [0.1, 0.15) is 5.52 Å². The quantitative estimate of drug-likeness (QED) is 0.665. The number of esters is 1. The Morgan fingerprint density at radius 1 is 1.26 bits per heavy atom. The number of benzene rings is 1. The Morgan fingerprint density at radius 3 is 2.87 bits per heavy atom. The second-order valence-corrected chi connectivity index (χ2v) is 4.66. The molecule has 0 saturated heterocycles. The molecule has 0 fully saturated rings. The summed E-state index contributed by atoms with van der Waals surface area (Å²) in [6.07, 6.45) is 1.52. The fourth-order valence-corrected chi connectivity index (χ4v) is 1.97. The van der Waals surface area contributed by atoms with E-state index in [0.29, 0.717) is 23.5 Å². The van der Waals surface area contributed by atoms with Crippen LogP contribution in [0.4, 0.5) is 5.82 Å². The molecule has 0 aliphatic heterocycles. The monoisotopic (exact) mass is 313 g/mol. The largest absolute Gasteiger partial charge is 0.466 e. The smallest absolute Gasteiger partial charge is 0.344 e. The van der Waals surface area contributed by atoms with Gasteiger partial charge in [-0.05, 0) is 5.56 Å². The number of nitrogens with zero attached hydrogens (tertiary/aromatic N) is 3. The van der Waals surface area contributed by atoms with Crippen molar-refractivity contribution in [1.82, 2.24) is 19.9 Å². The number of aromatic nitrogens is 4. The van der Waals surface area contributed by atoms with Crippen LogP contribution >= 0.6 is 0 Å². The molecule has 118 valence electrons. The molecule has 1 aromatic carbocycles. The highest BCUT2D eigenvalue weighted by atomic mass is 16.6. The van der Waals surface area contributed by atoms with E-state index in [-0.39, 0.29) is 12.6 Å². The van der Waals surface area contributed by atoms with Crippen molar-refractivity contribution in [2.45, 2.75) is 6.54 Å². The van der Waals surface area contributed by atoms with Crippen molar-refractivity contribution in [3.8, 4) is 6.01 Å². The molecule has 2 heterocycles. The van der Waals surface area contributed by atoms with Gasteiger partial charge in [0.05, 0.1) is 13.4 Å².